The minimum absolute atomic E-state index is 0.0367. The Kier molecular flexibility index (Phi) is 5.15. The van der Waals surface area contributed by atoms with E-state index in [1.54, 1.807) is 11.8 Å². The monoisotopic (exact) mass is 375 g/mol. The van der Waals surface area contributed by atoms with E-state index in [-0.39, 0.29) is 5.91 Å². The zero-order valence-electron chi connectivity index (χ0n) is 16.3. The number of carbonyl (C=O) groups is 1. The molecule has 5 nitrogen and oxygen atoms in total. The topological polar surface area (TPSA) is 47.4 Å². The highest BCUT2D eigenvalue weighted by molar-refractivity contribution is 6.00. The first kappa shape index (κ1) is 18.3. The molecule has 2 aromatic carbocycles. The van der Waals surface area contributed by atoms with Crippen LogP contribution in [-0.2, 0) is 0 Å². The van der Waals surface area contributed by atoms with Crippen LogP contribution >= 0.6 is 0 Å². The Bertz CT molecular complexity index is 965. The van der Waals surface area contributed by atoms with Crippen LogP contribution < -0.4 is 4.74 Å². The van der Waals surface area contributed by atoms with Crippen molar-refractivity contribution in [3.8, 4) is 22.7 Å². The third-order valence-electron chi connectivity index (χ3n) is 5.27. The molecule has 0 N–H and O–H groups in total. The van der Waals surface area contributed by atoms with Gasteiger partial charge in [0.1, 0.15) is 11.4 Å². The van der Waals surface area contributed by atoms with Crippen molar-refractivity contribution < 1.29 is 9.53 Å². The average Bonchev–Trinajstić information content (AvgIpc) is 3.19. The summed E-state index contributed by atoms with van der Waals surface area (Å²) in [6.45, 7) is 3.79. The average molecular weight is 375 g/mol. The van der Waals surface area contributed by atoms with Gasteiger partial charge in [-0.05, 0) is 43.0 Å². The highest BCUT2D eigenvalue weighted by Crippen LogP contribution is 2.33. The molecule has 0 aliphatic carbocycles. The number of likely N-dealkylation sites (tertiary alicyclic amines) is 1. The Balaban J connectivity index is 1.81. The maximum Gasteiger partial charge on any atom is 0.257 e. The predicted octanol–water partition coefficient (Wildman–Crippen LogP) is 4.42. The Hall–Kier alpha value is -3.08. The lowest BCUT2D eigenvalue weighted by atomic mass is 9.99. The molecule has 1 atom stereocenters. The number of benzene rings is 2. The van der Waals surface area contributed by atoms with E-state index in [0.29, 0.717) is 22.9 Å². The van der Waals surface area contributed by atoms with Gasteiger partial charge in [0.2, 0.25) is 0 Å². The molecule has 1 aliphatic rings. The molecular weight excluding hydrogens is 350 g/mol. The second kappa shape index (κ2) is 7.89. The van der Waals surface area contributed by atoms with Gasteiger partial charge >= 0.3 is 0 Å². The third kappa shape index (κ3) is 3.52. The van der Waals surface area contributed by atoms with Gasteiger partial charge in [0.05, 0.1) is 18.4 Å². The van der Waals surface area contributed by atoms with Crippen molar-refractivity contribution in [2.75, 3.05) is 20.2 Å². The van der Waals surface area contributed by atoms with Crippen LogP contribution in [0.2, 0.25) is 0 Å². The first-order valence-corrected chi connectivity index (χ1v) is 9.75. The Morgan fingerprint density at radius 3 is 2.61 bits per heavy atom. The van der Waals surface area contributed by atoms with Crippen LogP contribution in [0.4, 0.5) is 0 Å². The van der Waals surface area contributed by atoms with Gasteiger partial charge in [-0.2, -0.15) is 5.10 Å². The number of nitrogens with zero attached hydrogens (tertiary/aromatic N) is 3. The number of para-hydroxylation sites is 2. The van der Waals surface area contributed by atoms with Crippen molar-refractivity contribution in [1.29, 1.82) is 0 Å². The zero-order valence-corrected chi connectivity index (χ0v) is 16.3. The van der Waals surface area contributed by atoms with E-state index in [9.17, 15) is 4.79 Å². The number of methoxy groups -OCH3 is 1. The minimum atomic E-state index is 0.0367. The standard InChI is InChI=1S/C23H25N3O2/c1-17-9-8-14-25(15-17)23(27)20-16-26(18-10-4-3-5-11-18)24-22(20)19-12-6-7-13-21(19)28-2/h3-7,10-13,16-17H,8-9,14-15H2,1-2H3. The minimum Gasteiger partial charge on any atom is -0.496 e. The van der Waals surface area contributed by atoms with Gasteiger partial charge in [0.25, 0.3) is 5.91 Å². The van der Waals surface area contributed by atoms with Crippen LogP contribution in [0, 0.1) is 5.92 Å². The lowest BCUT2D eigenvalue weighted by Gasteiger charge is -2.30. The summed E-state index contributed by atoms with van der Waals surface area (Å²) in [4.78, 5) is 15.4. The van der Waals surface area contributed by atoms with Gasteiger partial charge in [-0.3, -0.25) is 4.79 Å². The molecule has 0 saturated carbocycles. The van der Waals surface area contributed by atoms with Crippen molar-refractivity contribution in [3.63, 3.8) is 0 Å². The molecule has 1 fully saturated rings. The summed E-state index contributed by atoms with van der Waals surface area (Å²) >= 11 is 0. The summed E-state index contributed by atoms with van der Waals surface area (Å²) in [5.41, 5.74) is 3.02. The first-order chi connectivity index (χ1) is 13.7. The van der Waals surface area contributed by atoms with Gasteiger partial charge in [0, 0.05) is 24.8 Å². The molecule has 1 aromatic heterocycles. The smallest absolute Gasteiger partial charge is 0.257 e. The fraction of sp³-hybridized carbons (Fsp3) is 0.304. The molecule has 0 radical (unpaired) electrons. The molecule has 144 valence electrons. The molecular formula is C23H25N3O2. The van der Waals surface area contributed by atoms with Crippen LogP contribution in [0.1, 0.15) is 30.1 Å². The first-order valence-electron chi connectivity index (χ1n) is 9.75. The van der Waals surface area contributed by atoms with Gasteiger partial charge in [-0.25, -0.2) is 4.68 Å². The van der Waals surface area contributed by atoms with Crippen molar-refractivity contribution >= 4 is 5.91 Å². The number of hydrogen-bond donors (Lipinski definition) is 0. The molecule has 1 amide bonds. The second-order valence-electron chi connectivity index (χ2n) is 7.37. The number of carbonyl (C=O) groups excluding carboxylic acids is 1. The van der Waals surface area contributed by atoms with E-state index in [4.69, 9.17) is 9.84 Å². The number of ether oxygens (including phenoxy) is 1. The quantitative estimate of drug-likeness (QED) is 0.678. The molecule has 0 spiro atoms. The summed E-state index contributed by atoms with van der Waals surface area (Å²) in [5.74, 6) is 1.27. The highest BCUT2D eigenvalue weighted by atomic mass is 16.5. The van der Waals surface area contributed by atoms with Gasteiger partial charge < -0.3 is 9.64 Å². The summed E-state index contributed by atoms with van der Waals surface area (Å²) < 4.78 is 7.32. The molecule has 1 aliphatic heterocycles. The Labute approximate surface area is 165 Å². The lowest BCUT2D eigenvalue weighted by Crippen LogP contribution is -2.39. The number of aromatic nitrogens is 2. The zero-order chi connectivity index (χ0) is 19.5. The molecule has 1 saturated heterocycles. The summed E-state index contributed by atoms with van der Waals surface area (Å²) in [6.07, 6.45) is 4.06. The number of amides is 1. The maximum absolute atomic E-state index is 13.4. The van der Waals surface area contributed by atoms with E-state index < -0.39 is 0 Å². The fourth-order valence-electron chi connectivity index (χ4n) is 3.83. The number of hydrogen-bond acceptors (Lipinski definition) is 3. The van der Waals surface area contributed by atoms with E-state index in [1.807, 2.05) is 65.7 Å². The molecule has 4 rings (SSSR count). The summed E-state index contributed by atoms with van der Waals surface area (Å²) in [6, 6.07) is 17.6. The molecule has 1 unspecified atom stereocenters. The molecule has 0 bridgehead atoms. The van der Waals surface area contributed by atoms with E-state index in [1.165, 1.54) is 6.42 Å². The van der Waals surface area contributed by atoms with Crippen LogP contribution in [0.15, 0.2) is 60.8 Å². The van der Waals surface area contributed by atoms with E-state index in [2.05, 4.69) is 6.92 Å². The van der Waals surface area contributed by atoms with Gasteiger partial charge in [-0.15, -0.1) is 0 Å². The van der Waals surface area contributed by atoms with Crippen LogP contribution in [-0.4, -0.2) is 40.8 Å². The SMILES string of the molecule is COc1ccccc1-c1nn(-c2ccccc2)cc1C(=O)N1CCCC(C)C1. The molecule has 5 heteroatoms. The van der Waals surface area contributed by atoms with Crippen molar-refractivity contribution in [1.82, 2.24) is 14.7 Å². The van der Waals surface area contributed by atoms with E-state index >= 15 is 0 Å². The normalized spacial score (nSPS) is 16.8. The largest absolute Gasteiger partial charge is 0.496 e. The summed E-state index contributed by atoms with van der Waals surface area (Å²) in [5, 5.41) is 4.78. The van der Waals surface area contributed by atoms with Gasteiger partial charge in [0.15, 0.2) is 0 Å². The number of piperidine rings is 1. The Morgan fingerprint density at radius 2 is 1.86 bits per heavy atom. The molecule has 28 heavy (non-hydrogen) atoms. The Morgan fingerprint density at radius 1 is 1.11 bits per heavy atom. The molecule has 2 heterocycles. The van der Waals surface area contributed by atoms with E-state index in [0.717, 1.165) is 30.8 Å². The summed E-state index contributed by atoms with van der Waals surface area (Å²) in [7, 11) is 1.64. The second-order valence-corrected chi connectivity index (χ2v) is 7.37. The van der Waals surface area contributed by atoms with Crippen molar-refractivity contribution in [2.24, 2.45) is 5.92 Å². The van der Waals surface area contributed by atoms with Crippen molar-refractivity contribution in [3.05, 3.63) is 66.4 Å². The maximum atomic E-state index is 13.4. The van der Waals surface area contributed by atoms with Crippen LogP contribution in [0.3, 0.4) is 0 Å². The van der Waals surface area contributed by atoms with Crippen LogP contribution in [0.5, 0.6) is 5.75 Å². The number of rotatable bonds is 4. The van der Waals surface area contributed by atoms with Crippen LogP contribution in [0.25, 0.3) is 16.9 Å². The molecule has 3 aromatic rings. The van der Waals surface area contributed by atoms with Gasteiger partial charge in [-0.1, -0.05) is 37.3 Å². The third-order valence-corrected chi connectivity index (χ3v) is 5.27. The van der Waals surface area contributed by atoms with Crippen molar-refractivity contribution in [2.45, 2.75) is 19.8 Å². The lowest BCUT2D eigenvalue weighted by molar-refractivity contribution is 0.0684. The fourth-order valence-corrected chi connectivity index (χ4v) is 3.83. The highest BCUT2D eigenvalue weighted by Gasteiger charge is 2.27. The predicted molar refractivity (Wildman–Crippen MR) is 110 cm³/mol.